The molecule has 0 radical (unpaired) electrons. The Morgan fingerprint density at radius 3 is 2.32 bits per heavy atom. The number of carbonyl (C=O) groups excluding carboxylic acids is 1. The number of piperidine rings is 1. The summed E-state index contributed by atoms with van der Waals surface area (Å²) in [5.41, 5.74) is 1.84. The molecule has 1 saturated heterocycles. The number of nitrogens with zero attached hydrogens (tertiary/aromatic N) is 1. The maximum absolute atomic E-state index is 12.7. The standard InChI is InChI=1S/C22H28N2O3S/c1-18-14-16-24(17-15-18)28(26,27)21-12-10-20(11-13-21)23-22(25)9-5-8-19-6-3-2-4-7-19/h2-4,6-7,10-13,18H,5,8-9,14-17H2,1H3,(H,23,25). The first kappa shape index (κ1) is 20.6. The zero-order chi connectivity index (χ0) is 20.0. The van der Waals surface area contributed by atoms with Crippen molar-refractivity contribution in [2.45, 2.75) is 43.9 Å². The van der Waals surface area contributed by atoms with Crippen LogP contribution >= 0.6 is 0 Å². The molecule has 0 unspecified atom stereocenters. The van der Waals surface area contributed by atoms with E-state index in [1.165, 1.54) is 5.56 Å². The van der Waals surface area contributed by atoms with Gasteiger partial charge in [-0.05, 0) is 61.4 Å². The number of carbonyl (C=O) groups is 1. The molecule has 0 spiro atoms. The van der Waals surface area contributed by atoms with Crippen molar-refractivity contribution in [3.8, 4) is 0 Å². The summed E-state index contributed by atoms with van der Waals surface area (Å²) in [6.07, 6.45) is 3.86. The van der Waals surface area contributed by atoms with Gasteiger partial charge in [0.15, 0.2) is 0 Å². The second kappa shape index (κ2) is 9.34. The van der Waals surface area contributed by atoms with Crippen LogP contribution in [-0.2, 0) is 21.2 Å². The van der Waals surface area contributed by atoms with E-state index in [9.17, 15) is 13.2 Å². The lowest BCUT2D eigenvalue weighted by Crippen LogP contribution is -2.37. The van der Waals surface area contributed by atoms with Crippen molar-refractivity contribution in [2.24, 2.45) is 5.92 Å². The lowest BCUT2D eigenvalue weighted by Gasteiger charge is -2.29. The molecule has 5 nitrogen and oxygen atoms in total. The van der Waals surface area contributed by atoms with Crippen molar-refractivity contribution in [1.82, 2.24) is 4.31 Å². The molecule has 0 bridgehead atoms. The normalized spacial score (nSPS) is 16.0. The van der Waals surface area contributed by atoms with Crippen LogP contribution in [0.3, 0.4) is 0 Å². The van der Waals surface area contributed by atoms with Crippen molar-refractivity contribution in [3.63, 3.8) is 0 Å². The average Bonchev–Trinajstić information content (AvgIpc) is 2.69. The predicted molar refractivity (Wildman–Crippen MR) is 112 cm³/mol. The molecule has 28 heavy (non-hydrogen) atoms. The molecule has 2 aromatic carbocycles. The minimum Gasteiger partial charge on any atom is -0.326 e. The van der Waals surface area contributed by atoms with Crippen LogP contribution in [0.25, 0.3) is 0 Å². The van der Waals surface area contributed by atoms with Crippen LogP contribution in [-0.4, -0.2) is 31.7 Å². The first-order valence-corrected chi connectivity index (χ1v) is 11.3. The minimum atomic E-state index is -3.45. The molecule has 150 valence electrons. The van der Waals surface area contributed by atoms with Crippen LogP contribution in [0.1, 0.15) is 38.2 Å². The van der Waals surface area contributed by atoms with E-state index >= 15 is 0 Å². The number of anilines is 1. The molecule has 1 amide bonds. The Balaban J connectivity index is 1.51. The number of nitrogens with one attached hydrogen (secondary N) is 1. The van der Waals surface area contributed by atoms with Crippen LogP contribution in [0.2, 0.25) is 0 Å². The van der Waals surface area contributed by atoms with E-state index in [0.717, 1.165) is 25.7 Å². The van der Waals surface area contributed by atoms with Gasteiger partial charge in [0.25, 0.3) is 0 Å². The van der Waals surface area contributed by atoms with Crippen LogP contribution in [0.15, 0.2) is 59.5 Å². The highest BCUT2D eigenvalue weighted by Crippen LogP contribution is 2.24. The molecule has 1 fully saturated rings. The molecule has 0 saturated carbocycles. The first-order chi connectivity index (χ1) is 13.4. The number of sulfonamides is 1. The van der Waals surface area contributed by atoms with Gasteiger partial charge in [-0.2, -0.15) is 4.31 Å². The summed E-state index contributed by atoms with van der Waals surface area (Å²) in [5, 5.41) is 2.84. The second-order valence-corrected chi connectivity index (χ2v) is 9.44. The van der Waals surface area contributed by atoms with Gasteiger partial charge in [-0.15, -0.1) is 0 Å². The van der Waals surface area contributed by atoms with Gasteiger partial charge in [-0.25, -0.2) is 8.42 Å². The van der Waals surface area contributed by atoms with E-state index in [1.807, 2.05) is 18.2 Å². The van der Waals surface area contributed by atoms with Gasteiger partial charge >= 0.3 is 0 Å². The fourth-order valence-electron chi connectivity index (χ4n) is 3.41. The monoisotopic (exact) mass is 400 g/mol. The van der Waals surface area contributed by atoms with Crippen LogP contribution in [0.4, 0.5) is 5.69 Å². The third-order valence-electron chi connectivity index (χ3n) is 5.23. The third-order valence-corrected chi connectivity index (χ3v) is 7.14. The number of aryl methyl sites for hydroxylation is 1. The van der Waals surface area contributed by atoms with Crippen molar-refractivity contribution in [1.29, 1.82) is 0 Å². The zero-order valence-electron chi connectivity index (χ0n) is 16.3. The van der Waals surface area contributed by atoms with Crippen LogP contribution < -0.4 is 5.32 Å². The van der Waals surface area contributed by atoms with Crippen molar-refractivity contribution in [2.75, 3.05) is 18.4 Å². The van der Waals surface area contributed by atoms with Gasteiger partial charge in [0.2, 0.25) is 15.9 Å². The van der Waals surface area contributed by atoms with Crippen molar-refractivity contribution < 1.29 is 13.2 Å². The Hall–Kier alpha value is -2.18. The fourth-order valence-corrected chi connectivity index (χ4v) is 4.88. The lowest BCUT2D eigenvalue weighted by molar-refractivity contribution is -0.116. The second-order valence-electron chi connectivity index (χ2n) is 7.50. The SMILES string of the molecule is CC1CCN(S(=O)(=O)c2ccc(NC(=O)CCCc3ccccc3)cc2)CC1. The van der Waals surface area contributed by atoms with Gasteiger partial charge < -0.3 is 5.32 Å². The molecule has 0 aromatic heterocycles. The molecular formula is C22H28N2O3S. The summed E-state index contributed by atoms with van der Waals surface area (Å²) >= 11 is 0. The van der Waals surface area contributed by atoms with Gasteiger partial charge in [0.1, 0.15) is 0 Å². The van der Waals surface area contributed by atoms with Crippen molar-refractivity contribution >= 4 is 21.6 Å². The van der Waals surface area contributed by atoms with Gasteiger partial charge in [-0.3, -0.25) is 4.79 Å². The maximum atomic E-state index is 12.7. The summed E-state index contributed by atoms with van der Waals surface area (Å²) in [6, 6.07) is 16.6. The highest BCUT2D eigenvalue weighted by Gasteiger charge is 2.27. The molecule has 3 rings (SSSR count). The molecule has 2 aromatic rings. The third kappa shape index (κ3) is 5.42. The highest BCUT2D eigenvalue weighted by atomic mass is 32.2. The molecule has 1 N–H and O–H groups in total. The molecule has 0 atom stereocenters. The first-order valence-electron chi connectivity index (χ1n) is 9.89. The lowest BCUT2D eigenvalue weighted by atomic mass is 10.0. The summed E-state index contributed by atoms with van der Waals surface area (Å²) in [6.45, 7) is 3.30. The summed E-state index contributed by atoms with van der Waals surface area (Å²) in [5.74, 6) is 0.516. The summed E-state index contributed by atoms with van der Waals surface area (Å²) in [7, 11) is -3.45. The van der Waals surface area contributed by atoms with Crippen molar-refractivity contribution in [3.05, 3.63) is 60.2 Å². The minimum absolute atomic E-state index is 0.0587. The fraction of sp³-hybridized carbons (Fsp3) is 0.409. The Kier molecular flexibility index (Phi) is 6.86. The number of hydrogen-bond donors (Lipinski definition) is 1. The summed E-state index contributed by atoms with van der Waals surface area (Å²) in [4.78, 5) is 12.4. The largest absolute Gasteiger partial charge is 0.326 e. The Morgan fingerprint density at radius 2 is 1.68 bits per heavy atom. The molecule has 0 aliphatic carbocycles. The molecule has 1 heterocycles. The Labute approximate surface area is 167 Å². The van der Waals surface area contributed by atoms with E-state index in [0.29, 0.717) is 31.1 Å². The van der Waals surface area contributed by atoms with E-state index in [2.05, 4.69) is 24.4 Å². The number of benzene rings is 2. The van der Waals surface area contributed by atoms with E-state index in [-0.39, 0.29) is 10.8 Å². The summed E-state index contributed by atoms with van der Waals surface area (Å²) < 4.78 is 27.0. The molecule has 1 aliphatic heterocycles. The van der Waals surface area contributed by atoms with E-state index < -0.39 is 10.0 Å². The Bertz CT molecular complexity index is 872. The number of hydrogen-bond acceptors (Lipinski definition) is 3. The topological polar surface area (TPSA) is 66.5 Å². The smallest absolute Gasteiger partial charge is 0.243 e. The molecular weight excluding hydrogens is 372 g/mol. The van der Waals surface area contributed by atoms with Crippen LogP contribution in [0.5, 0.6) is 0 Å². The van der Waals surface area contributed by atoms with Gasteiger partial charge in [0.05, 0.1) is 4.90 Å². The Morgan fingerprint density at radius 1 is 1.04 bits per heavy atom. The highest BCUT2D eigenvalue weighted by molar-refractivity contribution is 7.89. The quantitative estimate of drug-likeness (QED) is 0.762. The van der Waals surface area contributed by atoms with Crippen LogP contribution in [0, 0.1) is 5.92 Å². The number of amides is 1. The molecule has 1 aliphatic rings. The predicted octanol–water partition coefficient (Wildman–Crippen LogP) is 4.07. The van der Waals surface area contributed by atoms with Gasteiger partial charge in [-0.1, -0.05) is 37.3 Å². The van der Waals surface area contributed by atoms with E-state index in [4.69, 9.17) is 0 Å². The molecule has 6 heteroatoms. The average molecular weight is 401 g/mol. The van der Waals surface area contributed by atoms with Gasteiger partial charge in [0, 0.05) is 25.2 Å². The maximum Gasteiger partial charge on any atom is 0.243 e. The number of rotatable bonds is 7. The van der Waals surface area contributed by atoms with E-state index in [1.54, 1.807) is 28.6 Å². The zero-order valence-corrected chi connectivity index (χ0v) is 17.1.